The molecule has 1 aromatic rings. The number of carbonyl (C=O) groups is 2. The maximum absolute atomic E-state index is 13.0. The molecule has 0 N–H and O–H groups in total. The minimum atomic E-state index is -0.347. The fourth-order valence-electron chi connectivity index (χ4n) is 5.42. The van der Waals surface area contributed by atoms with Gasteiger partial charge in [-0.1, -0.05) is 33.6 Å². The lowest BCUT2D eigenvalue weighted by molar-refractivity contribution is -0.140. The molecule has 3 heterocycles. The van der Waals surface area contributed by atoms with Gasteiger partial charge in [0.25, 0.3) is 0 Å². The van der Waals surface area contributed by atoms with Crippen LogP contribution < -0.4 is 0 Å². The highest BCUT2D eigenvalue weighted by Gasteiger charge is 2.35. The summed E-state index contributed by atoms with van der Waals surface area (Å²) >= 11 is 0. The van der Waals surface area contributed by atoms with Crippen LogP contribution in [0.4, 0.5) is 0 Å². The Morgan fingerprint density at radius 1 is 0.903 bits per heavy atom. The third-order valence-corrected chi connectivity index (χ3v) is 7.28. The van der Waals surface area contributed by atoms with Gasteiger partial charge in [-0.05, 0) is 50.9 Å². The Labute approximate surface area is 185 Å². The first-order chi connectivity index (χ1) is 14.8. The quantitative estimate of drug-likeness (QED) is 0.705. The van der Waals surface area contributed by atoms with Gasteiger partial charge in [-0.3, -0.25) is 9.59 Å². The second kappa shape index (κ2) is 9.29. The standard InChI is InChI=1S/C24H38N4O3/c1-24(2,3)23(30)27-14-11-18(12-15-27)21-25-26-22(31-21)19-10-6-7-13-28(19)20(29)16-17-8-4-5-9-17/h17-19H,4-16H2,1-3H3. The maximum Gasteiger partial charge on any atom is 0.238 e. The van der Waals surface area contributed by atoms with Crippen molar-refractivity contribution >= 4 is 11.8 Å². The number of aromatic nitrogens is 2. The minimum Gasteiger partial charge on any atom is -0.423 e. The van der Waals surface area contributed by atoms with E-state index in [2.05, 4.69) is 10.2 Å². The topological polar surface area (TPSA) is 79.5 Å². The van der Waals surface area contributed by atoms with Crippen molar-refractivity contribution in [2.45, 2.75) is 96.9 Å². The van der Waals surface area contributed by atoms with Gasteiger partial charge < -0.3 is 14.2 Å². The molecule has 4 rings (SSSR count). The lowest BCUT2D eigenvalue weighted by atomic mass is 9.91. The van der Waals surface area contributed by atoms with E-state index in [9.17, 15) is 9.59 Å². The molecule has 2 saturated heterocycles. The molecule has 0 spiro atoms. The highest BCUT2D eigenvalue weighted by atomic mass is 16.4. The number of piperidine rings is 2. The van der Waals surface area contributed by atoms with Crippen LogP contribution in [0.2, 0.25) is 0 Å². The van der Waals surface area contributed by atoms with Crippen molar-refractivity contribution in [2.24, 2.45) is 11.3 Å². The average molecular weight is 431 g/mol. The summed E-state index contributed by atoms with van der Waals surface area (Å²) in [6.45, 7) is 8.16. The van der Waals surface area contributed by atoms with Crippen molar-refractivity contribution in [3.05, 3.63) is 11.8 Å². The van der Waals surface area contributed by atoms with Gasteiger partial charge in [0.15, 0.2) is 0 Å². The third kappa shape index (κ3) is 5.12. The maximum atomic E-state index is 13.0. The molecule has 1 atom stereocenters. The van der Waals surface area contributed by atoms with Crippen LogP contribution in [-0.4, -0.2) is 51.4 Å². The number of hydrogen-bond acceptors (Lipinski definition) is 5. The van der Waals surface area contributed by atoms with E-state index in [1.807, 2.05) is 30.6 Å². The molecular formula is C24H38N4O3. The van der Waals surface area contributed by atoms with E-state index in [1.54, 1.807) is 0 Å². The fraction of sp³-hybridized carbons (Fsp3) is 0.833. The summed E-state index contributed by atoms with van der Waals surface area (Å²) < 4.78 is 6.16. The number of amides is 2. The first-order valence-electron chi connectivity index (χ1n) is 12.2. The van der Waals surface area contributed by atoms with E-state index in [0.717, 1.165) is 51.7 Å². The van der Waals surface area contributed by atoms with Gasteiger partial charge in [-0.2, -0.15) is 0 Å². The summed E-state index contributed by atoms with van der Waals surface area (Å²) in [5.74, 6) is 2.47. The normalized spacial score (nSPS) is 24.0. The zero-order chi connectivity index (χ0) is 22.0. The Hall–Kier alpha value is -1.92. The van der Waals surface area contributed by atoms with Crippen LogP contribution in [-0.2, 0) is 9.59 Å². The number of likely N-dealkylation sites (tertiary alicyclic amines) is 2. The monoisotopic (exact) mass is 430 g/mol. The zero-order valence-electron chi connectivity index (χ0n) is 19.4. The van der Waals surface area contributed by atoms with Crippen LogP contribution in [0.5, 0.6) is 0 Å². The SMILES string of the molecule is CC(C)(C)C(=O)N1CCC(c2nnc(C3CCCCN3C(=O)CC3CCCC3)o2)CC1. The van der Waals surface area contributed by atoms with E-state index >= 15 is 0 Å². The van der Waals surface area contributed by atoms with Crippen LogP contribution in [0.1, 0.15) is 109 Å². The summed E-state index contributed by atoms with van der Waals surface area (Å²) in [5.41, 5.74) is -0.347. The molecule has 7 nitrogen and oxygen atoms in total. The molecule has 1 aliphatic carbocycles. The Kier molecular flexibility index (Phi) is 6.68. The van der Waals surface area contributed by atoms with Crippen molar-refractivity contribution in [3.8, 4) is 0 Å². The lowest BCUT2D eigenvalue weighted by Gasteiger charge is -2.35. The van der Waals surface area contributed by atoms with Gasteiger partial charge in [0.2, 0.25) is 23.6 Å². The second-order valence-corrected chi connectivity index (χ2v) is 10.7. The molecule has 1 aromatic heterocycles. The summed E-state index contributed by atoms with van der Waals surface area (Å²) in [4.78, 5) is 29.5. The fourth-order valence-corrected chi connectivity index (χ4v) is 5.42. The van der Waals surface area contributed by atoms with Gasteiger partial charge >= 0.3 is 0 Å². The van der Waals surface area contributed by atoms with Crippen molar-refractivity contribution in [1.29, 1.82) is 0 Å². The highest BCUT2D eigenvalue weighted by Crippen LogP contribution is 2.36. The smallest absolute Gasteiger partial charge is 0.238 e. The molecule has 172 valence electrons. The summed E-state index contributed by atoms with van der Waals surface area (Å²) in [6.07, 6.45) is 10.3. The van der Waals surface area contributed by atoms with Crippen molar-refractivity contribution in [2.75, 3.05) is 19.6 Å². The van der Waals surface area contributed by atoms with Gasteiger partial charge in [0, 0.05) is 37.4 Å². The predicted octanol–water partition coefficient (Wildman–Crippen LogP) is 4.46. The van der Waals surface area contributed by atoms with Gasteiger partial charge in [0.1, 0.15) is 6.04 Å². The Morgan fingerprint density at radius 3 is 2.23 bits per heavy atom. The first-order valence-corrected chi connectivity index (χ1v) is 12.2. The number of rotatable bonds is 4. The van der Waals surface area contributed by atoms with E-state index in [1.165, 1.54) is 25.7 Å². The second-order valence-electron chi connectivity index (χ2n) is 10.7. The molecule has 0 radical (unpaired) electrons. The van der Waals surface area contributed by atoms with Crippen molar-refractivity contribution in [1.82, 2.24) is 20.0 Å². The average Bonchev–Trinajstić information content (AvgIpc) is 3.45. The van der Waals surface area contributed by atoms with Crippen LogP contribution in [0.15, 0.2) is 4.42 Å². The summed E-state index contributed by atoms with van der Waals surface area (Å²) in [7, 11) is 0. The summed E-state index contributed by atoms with van der Waals surface area (Å²) in [5, 5.41) is 8.75. The molecule has 3 aliphatic rings. The molecule has 7 heteroatoms. The Balaban J connectivity index is 1.38. The van der Waals surface area contributed by atoms with E-state index in [0.29, 0.717) is 24.1 Å². The first kappa shape index (κ1) is 22.3. The molecule has 2 aliphatic heterocycles. The number of hydrogen-bond donors (Lipinski definition) is 0. The minimum absolute atomic E-state index is 0.0774. The molecule has 1 unspecified atom stereocenters. The number of carbonyl (C=O) groups excluding carboxylic acids is 2. The Morgan fingerprint density at radius 2 is 1.55 bits per heavy atom. The van der Waals surface area contributed by atoms with E-state index in [4.69, 9.17) is 4.42 Å². The molecule has 2 amide bonds. The molecule has 3 fully saturated rings. The molecule has 0 bridgehead atoms. The van der Waals surface area contributed by atoms with Gasteiger partial charge in [-0.15, -0.1) is 10.2 Å². The van der Waals surface area contributed by atoms with Gasteiger partial charge in [-0.25, -0.2) is 0 Å². The molecular weight excluding hydrogens is 392 g/mol. The van der Waals surface area contributed by atoms with Crippen molar-refractivity contribution in [3.63, 3.8) is 0 Å². The zero-order valence-corrected chi connectivity index (χ0v) is 19.4. The van der Waals surface area contributed by atoms with Crippen LogP contribution in [0, 0.1) is 11.3 Å². The van der Waals surface area contributed by atoms with Gasteiger partial charge in [0.05, 0.1) is 0 Å². The third-order valence-electron chi connectivity index (χ3n) is 7.28. The molecule has 0 aromatic carbocycles. The van der Waals surface area contributed by atoms with Crippen LogP contribution >= 0.6 is 0 Å². The Bertz CT molecular complexity index is 770. The van der Waals surface area contributed by atoms with Crippen LogP contribution in [0.25, 0.3) is 0 Å². The molecule has 1 saturated carbocycles. The highest BCUT2D eigenvalue weighted by molar-refractivity contribution is 5.81. The molecule has 31 heavy (non-hydrogen) atoms. The lowest BCUT2D eigenvalue weighted by Crippen LogP contribution is -2.43. The van der Waals surface area contributed by atoms with E-state index in [-0.39, 0.29) is 29.2 Å². The number of nitrogens with zero attached hydrogens (tertiary/aromatic N) is 4. The van der Waals surface area contributed by atoms with Crippen LogP contribution in [0.3, 0.4) is 0 Å². The van der Waals surface area contributed by atoms with Crippen molar-refractivity contribution < 1.29 is 14.0 Å². The summed E-state index contributed by atoms with van der Waals surface area (Å²) in [6, 6.07) is -0.0774. The largest absolute Gasteiger partial charge is 0.423 e. The predicted molar refractivity (Wildman–Crippen MR) is 117 cm³/mol. The van der Waals surface area contributed by atoms with E-state index < -0.39 is 0 Å².